The van der Waals surface area contributed by atoms with Crippen LogP contribution in [0.15, 0.2) is 39.3 Å². The van der Waals surface area contributed by atoms with Crippen LogP contribution in [0.2, 0.25) is 0 Å². The zero-order valence-electron chi connectivity index (χ0n) is 9.71. The molecule has 0 aromatic heterocycles. The third-order valence-electron chi connectivity index (χ3n) is 2.34. The Balaban J connectivity index is 2.48. The lowest BCUT2D eigenvalue weighted by atomic mass is 10.3. The van der Waals surface area contributed by atoms with Crippen molar-refractivity contribution in [3.05, 3.63) is 49.4 Å². The predicted octanol–water partition coefficient (Wildman–Crippen LogP) is 4.32. The normalized spacial score (nSPS) is 10.3. The van der Waals surface area contributed by atoms with Crippen molar-refractivity contribution in [2.24, 2.45) is 0 Å². The van der Waals surface area contributed by atoms with Gasteiger partial charge in [0.15, 0.2) is 0 Å². The summed E-state index contributed by atoms with van der Waals surface area (Å²) in [7, 11) is 0. The highest BCUT2D eigenvalue weighted by Gasteiger charge is 2.18. The molecule has 0 saturated carbocycles. The molecule has 0 aliphatic heterocycles. The number of aromatic hydroxyl groups is 2. The van der Waals surface area contributed by atoms with Crippen LogP contribution in [0.5, 0.6) is 23.0 Å². The first-order valence-electron chi connectivity index (χ1n) is 5.21. The van der Waals surface area contributed by atoms with Gasteiger partial charge in [0.2, 0.25) is 5.75 Å². The molecule has 0 aliphatic carbocycles. The van der Waals surface area contributed by atoms with E-state index in [1.807, 2.05) is 0 Å². The van der Waals surface area contributed by atoms with Gasteiger partial charge in [-0.15, -0.1) is 0 Å². The van der Waals surface area contributed by atoms with E-state index in [4.69, 9.17) is 4.74 Å². The number of nitro groups is 1. The molecule has 0 amide bonds. The van der Waals surface area contributed by atoms with Crippen molar-refractivity contribution in [1.82, 2.24) is 0 Å². The molecule has 0 saturated heterocycles. The maximum absolute atomic E-state index is 11.0. The van der Waals surface area contributed by atoms with E-state index in [1.54, 1.807) is 6.07 Å². The molecule has 0 spiro atoms. The molecule has 104 valence electrons. The lowest BCUT2D eigenvalue weighted by molar-refractivity contribution is -0.385. The number of ether oxygens (including phenoxy) is 1. The maximum Gasteiger partial charge on any atom is 0.312 e. The Labute approximate surface area is 130 Å². The van der Waals surface area contributed by atoms with Crippen molar-refractivity contribution in [2.45, 2.75) is 0 Å². The summed E-state index contributed by atoms with van der Waals surface area (Å²) in [4.78, 5) is 10.4. The Kier molecular flexibility index (Phi) is 4.15. The SMILES string of the molecule is O=[N+]([O-])c1cc(Br)ccc1Oc1cc(O)cc(O)c1Br. The minimum Gasteiger partial charge on any atom is -0.508 e. The molecule has 0 bridgehead atoms. The third-order valence-corrected chi connectivity index (χ3v) is 3.63. The highest BCUT2D eigenvalue weighted by atomic mass is 79.9. The molecule has 2 rings (SSSR count). The molecule has 0 atom stereocenters. The summed E-state index contributed by atoms with van der Waals surface area (Å²) < 4.78 is 6.11. The summed E-state index contributed by atoms with van der Waals surface area (Å²) >= 11 is 6.22. The number of nitro benzene ring substituents is 1. The first-order valence-corrected chi connectivity index (χ1v) is 6.80. The van der Waals surface area contributed by atoms with Crippen molar-refractivity contribution >= 4 is 37.5 Å². The van der Waals surface area contributed by atoms with Gasteiger partial charge in [0.25, 0.3) is 0 Å². The van der Waals surface area contributed by atoms with E-state index in [1.165, 1.54) is 18.2 Å². The number of hydrogen-bond donors (Lipinski definition) is 2. The Morgan fingerprint density at radius 1 is 1.10 bits per heavy atom. The molecule has 6 nitrogen and oxygen atoms in total. The van der Waals surface area contributed by atoms with Crippen molar-refractivity contribution < 1.29 is 19.9 Å². The standard InChI is InChI=1S/C12H7Br2NO5/c13-6-1-2-10(8(3-6)15(18)19)20-11-5-7(16)4-9(17)12(11)14/h1-5,16-17H. The van der Waals surface area contributed by atoms with Gasteiger partial charge in [0.05, 0.1) is 4.92 Å². The van der Waals surface area contributed by atoms with Crippen molar-refractivity contribution in [1.29, 1.82) is 0 Å². The monoisotopic (exact) mass is 403 g/mol. The topological polar surface area (TPSA) is 92.8 Å². The fraction of sp³-hybridized carbons (Fsp3) is 0. The fourth-order valence-corrected chi connectivity index (χ4v) is 2.14. The lowest BCUT2D eigenvalue weighted by Gasteiger charge is -2.10. The van der Waals surface area contributed by atoms with Crippen LogP contribution in [0, 0.1) is 10.1 Å². The fourth-order valence-electron chi connectivity index (χ4n) is 1.48. The molecule has 0 unspecified atom stereocenters. The summed E-state index contributed by atoms with van der Waals surface area (Å²) in [5.41, 5.74) is -0.242. The average Bonchev–Trinajstić information content (AvgIpc) is 2.37. The van der Waals surface area contributed by atoms with E-state index in [2.05, 4.69) is 31.9 Å². The van der Waals surface area contributed by atoms with E-state index in [0.29, 0.717) is 4.47 Å². The summed E-state index contributed by atoms with van der Waals surface area (Å²) in [6.07, 6.45) is 0. The highest BCUT2D eigenvalue weighted by Crippen LogP contribution is 2.42. The second-order valence-corrected chi connectivity index (χ2v) is 5.46. The average molecular weight is 405 g/mol. The largest absolute Gasteiger partial charge is 0.508 e. The maximum atomic E-state index is 11.0. The van der Waals surface area contributed by atoms with E-state index in [9.17, 15) is 20.3 Å². The minimum absolute atomic E-state index is 0.0103. The molecule has 8 heteroatoms. The first kappa shape index (κ1) is 14.6. The van der Waals surface area contributed by atoms with Crippen LogP contribution in [0.1, 0.15) is 0 Å². The van der Waals surface area contributed by atoms with Crippen molar-refractivity contribution in [2.75, 3.05) is 0 Å². The molecule has 0 fully saturated rings. The van der Waals surface area contributed by atoms with Crippen molar-refractivity contribution in [3.63, 3.8) is 0 Å². The zero-order valence-corrected chi connectivity index (χ0v) is 12.9. The Bertz CT molecular complexity index is 690. The lowest BCUT2D eigenvalue weighted by Crippen LogP contribution is -1.94. The molecule has 0 aliphatic rings. The predicted molar refractivity (Wildman–Crippen MR) is 78.3 cm³/mol. The van der Waals surface area contributed by atoms with E-state index in [-0.39, 0.29) is 33.2 Å². The molecule has 2 N–H and O–H groups in total. The summed E-state index contributed by atoms with van der Waals surface area (Å²) in [5, 5.41) is 29.9. The third kappa shape index (κ3) is 3.02. The molecule has 20 heavy (non-hydrogen) atoms. The van der Waals surface area contributed by atoms with Crippen LogP contribution in [0.25, 0.3) is 0 Å². The zero-order chi connectivity index (χ0) is 14.9. The van der Waals surface area contributed by atoms with Crippen LogP contribution in [-0.4, -0.2) is 15.1 Å². The van der Waals surface area contributed by atoms with Crippen LogP contribution in [0.4, 0.5) is 5.69 Å². The number of halogens is 2. The van der Waals surface area contributed by atoms with Gasteiger partial charge in [0.1, 0.15) is 21.7 Å². The van der Waals surface area contributed by atoms with Gasteiger partial charge in [-0.25, -0.2) is 0 Å². The second-order valence-electron chi connectivity index (χ2n) is 3.75. The van der Waals surface area contributed by atoms with Gasteiger partial charge < -0.3 is 14.9 Å². The Morgan fingerprint density at radius 3 is 2.45 bits per heavy atom. The van der Waals surface area contributed by atoms with E-state index in [0.717, 1.165) is 6.07 Å². The molecule has 2 aromatic rings. The number of phenols is 2. The molecule has 0 heterocycles. The Morgan fingerprint density at radius 2 is 1.80 bits per heavy atom. The van der Waals surface area contributed by atoms with Gasteiger partial charge in [-0.1, -0.05) is 15.9 Å². The summed E-state index contributed by atoms with van der Waals surface area (Å²) in [6, 6.07) is 6.64. The van der Waals surface area contributed by atoms with E-state index < -0.39 is 4.92 Å². The summed E-state index contributed by atoms with van der Waals surface area (Å²) in [6.45, 7) is 0. The molecular formula is C12H7Br2NO5. The van der Waals surface area contributed by atoms with Crippen LogP contribution in [0.3, 0.4) is 0 Å². The Hall–Kier alpha value is -1.80. The van der Waals surface area contributed by atoms with Gasteiger partial charge in [-0.05, 0) is 28.1 Å². The first-order chi connectivity index (χ1) is 9.38. The van der Waals surface area contributed by atoms with Gasteiger partial charge in [0, 0.05) is 22.7 Å². The smallest absolute Gasteiger partial charge is 0.312 e. The van der Waals surface area contributed by atoms with Crippen LogP contribution >= 0.6 is 31.9 Å². The van der Waals surface area contributed by atoms with Gasteiger partial charge >= 0.3 is 5.69 Å². The molecular weight excluding hydrogens is 398 g/mol. The van der Waals surface area contributed by atoms with E-state index >= 15 is 0 Å². The summed E-state index contributed by atoms with van der Waals surface area (Å²) in [5.74, 6) is -0.406. The van der Waals surface area contributed by atoms with Crippen molar-refractivity contribution in [3.8, 4) is 23.0 Å². The molecule has 0 radical (unpaired) electrons. The van der Waals surface area contributed by atoms with Crippen LogP contribution < -0.4 is 4.74 Å². The number of rotatable bonds is 3. The minimum atomic E-state index is -0.587. The second kappa shape index (κ2) is 5.68. The molecule has 2 aromatic carbocycles. The number of hydrogen-bond acceptors (Lipinski definition) is 5. The highest BCUT2D eigenvalue weighted by molar-refractivity contribution is 9.11. The number of benzene rings is 2. The van der Waals surface area contributed by atoms with Gasteiger partial charge in [-0.3, -0.25) is 10.1 Å². The number of nitrogens with zero attached hydrogens (tertiary/aromatic N) is 1. The van der Waals surface area contributed by atoms with Crippen LogP contribution in [-0.2, 0) is 0 Å². The quantitative estimate of drug-likeness (QED) is 0.586. The van der Waals surface area contributed by atoms with Gasteiger partial charge in [-0.2, -0.15) is 0 Å². The number of phenolic OH excluding ortho intramolecular Hbond substituents is 2.